The van der Waals surface area contributed by atoms with Gasteiger partial charge in [0.25, 0.3) is 16.7 Å². The van der Waals surface area contributed by atoms with Crippen molar-refractivity contribution >= 4 is 103 Å². The van der Waals surface area contributed by atoms with Crippen LogP contribution in [0.1, 0.15) is 180 Å². The highest BCUT2D eigenvalue weighted by atomic mass is 32.2. The van der Waals surface area contributed by atoms with Crippen LogP contribution in [0.15, 0.2) is 161 Å². The van der Waals surface area contributed by atoms with Crippen LogP contribution in [0.2, 0.25) is 0 Å². The van der Waals surface area contributed by atoms with Crippen LogP contribution in [0.25, 0.3) is 66.6 Å². The number of pyridine rings is 4. The van der Waals surface area contributed by atoms with Crippen molar-refractivity contribution in [2.45, 2.75) is 192 Å². The van der Waals surface area contributed by atoms with Crippen LogP contribution >= 0.6 is 11.8 Å². The number of anilines is 7. The molecular weight excluding hydrogens is 1730 g/mol. The summed E-state index contributed by atoms with van der Waals surface area (Å²) in [5, 5.41) is 16.4. The highest BCUT2D eigenvalue weighted by Crippen LogP contribution is 2.41. The first-order chi connectivity index (χ1) is 65.8. The van der Waals surface area contributed by atoms with Gasteiger partial charge in [0.1, 0.15) is 28.8 Å². The minimum Gasteiger partial charge on any atom is -0.489 e. The first-order valence-electron chi connectivity index (χ1n) is 48.8. The number of carbonyl (C=O) groups excluding carboxylic acids is 3. The predicted octanol–water partition coefficient (Wildman–Crippen LogP) is 15.8. The van der Waals surface area contributed by atoms with Crippen LogP contribution in [0.4, 0.5) is 40.6 Å². The molecule has 712 valence electrons. The number of thioether (sulfide) groups is 1. The third kappa shape index (κ3) is 21.4. The average molecular weight is 1860 g/mol. The van der Waals surface area contributed by atoms with E-state index in [1.807, 2.05) is 125 Å². The Morgan fingerprint density at radius 1 is 0.515 bits per heavy atom. The van der Waals surface area contributed by atoms with Gasteiger partial charge in [0, 0.05) is 227 Å². The lowest BCUT2D eigenvalue weighted by atomic mass is 9.92. The average Bonchev–Trinajstić information content (AvgIpc) is 1.36. The molecule has 0 radical (unpaired) electrons. The molecule has 6 atom stereocenters. The van der Waals surface area contributed by atoms with E-state index in [9.17, 15) is 28.8 Å². The number of aryl methyl sites for hydroxylation is 2. The number of nitrogens with zero attached hydrogens (tertiary/aromatic N) is 19. The summed E-state index contributed by atoms with van der Waals surface area (Å²) >= 11 is 2.01. The van der Waals surface area contributed by atoms with Crippen LogP contribution in [0.5, 0.6) is 5.75 Å². The van der Waals surface area contributed by atoms with E-state index in [1.165, 1.54) is 24.1 Å². The third-order valence-electron chi connectivity index (χ3n) is 28.8. The lowest BCUT2D eigenvalue weighted by Gasteiger charge is -2.33. The lowest BCUT2D eigenvalue weighted by molar-refractivity contribution is -0.130. The molecule has 2 aliphatic carbocycles. The van der Waals surface area contributed by atoms with Gasteiger partial charge in [-0.2, -0.15) is 26.7 Å². The van der Waals surface area contributed by atoms with Gasteiger partial charge in [-0.15, -0.1) is 0 Å². The zero-order valence-electron chi connectivity index (χ0n) is 80.5. The van der Waals surface area contributed by atoms with E-state index in [0.29, 0.717) is 107 Å². The Hall–Kier alpha value is -12.3. The van der Waals surface area contributed by atoms with E-state index in [4.69, 9.17) is 29.7 Å². The Balaban J connectivity index is 0.000000136. The minimum atomic E-state index is -0.101. The van der Waals surface area contributed by atoms with Gasteiger partial charge in [-0.1, -0.05) is 43.2 Å². The van der Waals surface area contributed by atoms with Gasteiger partial charge in [-0.3, -0.25) is 47.5 Å². The van der Waals surface area contributed by atoms with Crippen LogP contribution in [-0.2, 0) is 27.5 Å². The van der Waals surface area contributed by atoms with Crippen LogP contribution in [0, 0.1) is 26.7 Å². The summed E-state index contributed by atoms with van der Waals surface area (Å²) in [6, 6.07) is 39.7. The van der Waals surface area contributed by atoms with Crippen molar-refractivity contribution in [1.82, 2.24) is 92.9 Å². The number of likely N-dealkylation sites (tertiary alicyclic amines) is 4. The van der Waals surface area contributed by atoms with Gasteiger partial charge in [-0.05, 0) is 264 Å². The van der Waals surface area contributed by atoms with Crippen molar-refractivity contribution in [3.05, 3.63) is 211 Å². The van der Waals surface area contributed by atoms with Crippen molar-refractivity contribution in [2.24, 2.45) is 5.92 Å². The summed E-state index contributed by atoms with van der Waals surface area (Å²) < 4.78 is 13.8. The molecule has 4 N–H and O–H groups in total. The number of benzene rings is 4. The molecule has 31 heteroatoms. The molecule has 136 heavy (non-hydrogen) atoms. The highest BCUT2D eigenvalue weighted by Gasteiger charge is 2.34. The first kappa shape index (κ1) is 94.1. The van der Waals surface area contributed by atoms with Crippen LogP contribution < -0.4 is 47.6 Å². The lowest BCUT2D eigenvalue weighted by Crippen LogP contribution is -2.44. The predicted molar refractivity (Wildman–Crippen MR) is 541 cm³/mol. The topological polar surface area (TPSA) is 305 Å². The normalized spacial score (nSPS) is 20.1. The van der Waals surface area contributed by atoms with E-state index in [2.05, 4.69) is 161 Å². The number of hydrogen-bond donors (Lipinski definition) is 4. The monoisotopic (exact) mass is 1860 g/mol. The molecule has 6 saturated heterocycles. The Labute approximate surface area is 799 Å². The van der Waals surface area contributed by atoms with Crippen molar-refractivity contribution in [1.29, 1.82) is 0 Å². The molecule has 20 rings (SSSR count). The highest BCUT2D eigenvalue weighted by molar-refractivity contribution is 7.99. The number of aromatic nitrogens is 12. The molecule has 6 unspecified atom stereocenters. The number of hydrogen-bond acceptors (Lipinski definition) is 24. The number of imidazole rings is 1. The van der Waals surface area contributed by atoms with Gasteiger partial charge >= 0.3 is 0 Å². The van der Waals surface area contributed by atoms with E-state index in [-0.39, 0.29) is 64.5 Å². The molecule has 2 saturated carbocycles. The zero-order valence-corrected chi connectivity index (χ0v) is 81.3. The standard InChI is InChI=1S/C37H44N6O3.C35H44N8O2S.C33H41N9O2/c1-24-20-26(34-11-7-19-42(34)25(2)44)12-17-32(24)33-21-27-22-38-37(40-35(27)43(36(33)45)29-8-4-5-9-29)39-28-13-15-30(16-14-28)46-31-10-6-18-41(3)23-31;1-23-17-31(26-7-6-12-42(21-26)24(2)44)36-20-30(23)29-18-27-19-37-35(39-33(27)43(34(29)45)14-13-40(3)4)38-28-10-8-25(9-11-28)32-22-41(5)15-16-46-32;1-21-30(36-20-42(21)28-12-14-40(19-28)22(2)43)29-15-24-16-35-33(38-31(24)41(32(29)44)18-23-6-7-23)37-25-8-10-26(11-9-25)39(3)27-5-4-13-34-17-27/h12-17,20-22,29,31,34H,4-11,18-19,23H2,1-3H3,(H,38,39,40);8-11,17-20,26,32H,6-7,12-16,21-22H2,1-5H3,(H,37,38,39);8-11,15-16,20,23,27-28,34H,4-7,12-14,17-19H2,1-3H3,(H,35,37,38). The summed E-state index contributed by atoms with van der Waals surface area (Å²) in [6.07, 6.45) is 25.1. The summed E-state index contributed by atoms with van der Waals surface area (Å²) in [5.41, 5.74) is 16.1. The van der Waals surface area contributed by atoms with E-state index in [1.54, 1.807) is 37.7 Å². The molecule has 14 heterocycles. The maximum absolute atomic E-state index is 14.3. The molecular formula is C105H129N23O7S. The number of rotatable bonds is 23. The summed E-state index contributed by atoms with van der Waals surface area (Å²) in [5.74, 6) is 4.36. The second-order valence-electron chi connectivity index (χ2n) is 38.9. The molecule has 4 aromatic carbocycles. The zero-order chi connectivity index (χ0) is 94.5. The molecule has 12 aromatic rings. The van der Waals surface area contributed by atoms with Crippen molar-refractivity contribution in [2.75, 3.05) is 140 Å². The van der Waals surface area contributed by atoms with E-state index >= 15 is 0 Å². The van der Waals surface area contributed by atoms with Crippen molar-refractivity contribution < 1.29 is 19.1 Å². The number of nitrogens with one attached hydrogen (secondary N) is 4. The van der Waals surface area contributed by atoms with Crippen molar-refractivity contribution in [3.63, 3.8) is 0 Å². The molecule has 8 aliphatic rings. The SMILES string of the molecule is CC(=O)N1CCC(n2cnc(-c3cc4cnc(Nc5ccc(N(C)C6CCCNC6)cc5)nc4n(CC4CC4)c3=O)c2C)C1.CC(=O)N1CCCC(c2cc(C)c(-c3cc4cnc(Nc5ccc(C6CN(C)CCS6)cc5)nc4n(CCN(C)C)c3=O)cn2)C1.CC(=O)N1CCCC1c1ccc(-c2cc3cnc(Nc4ccc(OC5CCCN(C)C5)cc4)nc3n(C3CCCC3)c2=O)c(C)c1. The van der Waals surface area contributed by atoms with Gasteiger partial charge in [0.15, 0.2) is 0 Å². The Bertz CT molecular complexity index is 6540. The van der Waals surface area contributed by atoms with Gasteiger partial charge in [0.2, 0.25) is 35.6 Å². The number of fused-ring (bicyclic) bond motifs is 3. The van der Waals surface area contributed by atoms with Gasteiger partial charge < -0.3 is 64.9 Å². The summed E-state index contributed by atoms with van der Waals surface area (Å²) in [4.78, 5) is 131. The summed E-state index contributed by atoms with van der Waals surface area (Å²) in [6.45, 7) is 22.8. The molecule has 0 bridgehead atoms. The number of likely N-dealkylation sites (N-methyl/N-ethyl adjacent to an activating group) is 4. The fourth-order valence-electron chi connectivity index (χ4n) is 20.8. The molecule has 0 spiro atoms. The van der Waals surface area contributed by atoms with Gasteiger partial charge in [0.05, 0.1) is 29.7 Å². The fraction of sp³-hybridized carbons (Fsp3) is 0.467. The maximum atomic E-state index is 14.3. The van der Waals surface area contributed by atoms with Crippen LogP contribution in [0.3, 0.4) is 0 Å². The number of carbonyl (C=O) groups is 3. The molecule has 8 fully saturated rings. The maximum Gasteiger partial charge on any atom is 0.261 e. The molecule has 6 aliphatic heterocycles. The van der Waals surface area contributed by atoms with Crippen molar-refractivity contribution in [3.8, 4) is 39.3 Å². The second kappa shape index (κ2) is 41.7. The number of amides is 3. The van der Waals surface area contributed by atoms with Crippen LogP contribution in [-0.4, -0.2) is 237 Å². The molecule has 3 amide bonds. The fourth-order valence-corrected chi connectivity index (χ4v) is 22.2. The van der Waals surface area contributed by atoms with E-state index in [0.717, 1.165) is 226 Å². The van der Waals surface area contributed by atoms with E-state index < -0.39 is 0 Å². The molecule has 8 aromatic heterocycles. The Morgan fingerprint density at radius 3 is 1.74 bits per heavy atom. The Morgan fingerprint density at radius 2 is 1.12 bits per heavy atom. The largest absolute Gasteiger partial charge is 0.489 e. The first-order valence-corrected chi connectivity index (χ1v) is 49.9. The smallest absolute Gasteiger partial charge is 0.261 e. The second-order valence-corrected chi connectivity index (χ2v) is 40.2. The summed E-state index contributed by atoms with van der Waals surface area (Å²) in [7, 11) is 10.5. The third-order valence-corrected chi connectivity index (χ3v) is 30.0. The number of ether oxygens (including phenoxy) is 1. The Kier molecular flexibility index (Phi) is 28.9. The van der Waals surface area contributed by atoms with Gasteiger partial charge in [-0.25, -0.2) is 19.9 Å². The molecule has 30 nitrogen and oxygen atoms in total. The number of piperidine rings is 3. The minimum absolute atomic E-state index is 0.0130. The quantitative estimate of drug-likeness (QED) is 0.0462.